The van der Waals surface area contributed by atoms with Gasteiger partial charge in [0.1, 0.15) is 18.1 Å². The Morgan fingerprint density at radius 1 is 1.13 bits per heavy atom. The minimum atomic E-state index is -0.665. The maximum Gasteiger partial charge on any atom is 0.338 e. The molecule has 7 nitrogen and oxygen atoms in total. The van der Waals surface area contributed by atoms with E-state index in [0.717, 1.165) is 5.56 Å². The van der Waals surface area contributed by atoms with Crippen molar-refractivity contribution in [2.45, 2.75) is 12.5 Å². The summed E-state index contributed by atoms with van der Waals surface area (Å²) in [5, 5.41) is 6.35. The fraction of sp³-hybridized carbons (Fsp3) is 0.130. The van der Waals surface area contributed by atoms with E-state index in [4.69, 9.17) is 20.8 Å². The molecule has 1 aromatic heterocycles. The molecule has 1 amide bonds. The van der Waals surface area contributed by atoms with Crippen LogP contribution in [-0.4, -0.2) is 35.5 Å². The molecule has 0 fully saturated rings. The summed E-state index contributed by atoms with van der Waals surface area (Å²) in [6, 6.07) is 16.2. The van der Waals surface area contributed by atoms with Gasteiger partial charge in [-0.3, -0.25) is 9.59 Å². The summed E-state index contributed by atoms with van der Waals surface area (Å²) >= 11 is 5.96. The summed E-state index contributed by atoms with van der Waals surface area (Å²) in [5.41, 5.74) is 2.22. The van der Waals surface area contributed by atoms with Gasteiger partial charge in [0.2, 0.25) is 0 Å². The Morgan fingerprint density at radius 3 is 2.52 bits per heavy atom. The molecule has 1 aliphatic heterocycles. The molecule has 8 heteroatoms. The lowest BCUT2D eigenvalue weighted by molar-refractivity contribution is -0.136. The van der Waals surface area contributed by atoms with Crippen molar-refractivity contribution >= 4 is 35.5 Å². The molecule has 0 spiro atoms. The molecular formula is C23H17ClN2O5. The number of rotatable bonds is 6. The van der Waals surface area contributed by atoms with Crippen LogP contribution in [-0.2, 0) is 9.53 Å². The standard InChI is InChI=1S/C23H17ClN2O5/c24-18-9-7-16(8-10-18)19-12-20(21-2-1-11-30-21)26(25-19)22(28)14-31-23(29)17-5-3-15(13-27)4-6-17/h1-11,13,20H,12,14H2. The van der Waals surface area contributed by atoms with Crippen molar-refractivity contribution in [1.29, 1.82) is 0 Å². The van der Waals surface area contributed by atoms with Gasteiger partial charge in [0.15, 0.2) is 6.61 Å². The van der Waals surface area contributed by atoms with E-state index in [1.165, 1.54) is 35.5 Å². The van der Waals surface area contributed by atoms with Crippen molar-refractivity contribution in [1.82, 2.24) is 5.01 Å². The van der Waals surface area contributed by atoms with E-state index in [1.54, 1.807) is 24.3 Å². The zero-order valence-electron chi connectivity index (χ0n) is 16.2. The molecule has 2 aromatic carbocycles. The molecule has 1 unspecified atom stereocenters. The predicted molar refractivity (Wildman–Crippen MR) is 113 cm³/mol. The molecule has 3 aromatic rings. The van der Waals surface area contributed by atoms with Gasteiger partial charge in [-0.25, -0.2) is 9.80 Å². The molecule has 31 heavy (non-hydrogen) atoms. The number of hydrazone groups is 1. The number of benzene rings is 2. The van der Waals surface area contributed by atoms with Crippen LogP contribution >= 0.6 is 11.6 Å². The van der Waals surface area contributed by atoms with Crippen LogP contribution in [0.4, 0.5) is 0 Å². The largest absolute Gasteiger partial charge is 0.467 e. The summed E-state index contributed by atoms with van der Waals surface area (Å²) in [4.78, 5) is 35.8. The lowest BCUT2D eigenvalue weighted by atomic mass is 10.0. The first kappa shape index (κ1) is 20.6. The normalized spacial score (nSPS) is 15.5. The minimum Gasteiger partial charge on any atom is -0.467 e. The number of aldehydes is 1. The molecule has 4 rings (SSSR count). The van der Waals surface area contributed by atoms with Crippen LogP contribution < -0.4 is 0 Å². The monoisotopic (exact) mass is 436 g/mol. The fourth-order valence-electron chi connectivity index (χ4n) is 3.23. The van der Waals surface area contributed by atoms with E-state index >= 15 is 0 Å². The second-order valence-electron chi connectivity index (χ2n) is 6.84. The van der Waals surface area contributed by atoms with Crippen molar-refractivity contribution in [3.63, 3.8) is 0 Å². The molecule has 0 bridgehead atoms. The number of hydrogen-bond acceptors (Lipinski definition) is 6. The Morgan fingerprint density at radius 2 is 1.87 bits per heavy atom. The highest BCUT2D eigenvalue weighted by molar-refractivity contribution is 6.30. The summed E-state index contributed by atoms with van der Waals surface area (Å²) < 4.78 is 10.7. The van der Waals surface area contributed by atoms with E-state index in [0.29, 0.717) is 34.8 Å². The van der Waals surface area contributed by atoms with Gasteiger partial charge in [-0.15, -0.1) is 0 Å². The molecule has 0 N–H and O–H groups in total. The highest BCUT2D eigenvalue weighted by atomic mass is 35.5. The Bertz CT molecular complexity index is 1120. The molecule has 1 aliphatic rings. The van der Waals surface area contributed by atoms with Gasteiger partial charge in [-0.1, -0.05) is 35.9 Å². The van der Waals surface area contributed by atoms with Crippen molar-refractivity contribution in [3.05, 3.63) is 94.4 Å². The Hall–Kier alpha value is -3.71. The summed E-state index contributed by atoms with van der Waals surface area (Å²) in [6.07, 6.45) is 2.65. The van der Waals surface area contributed by atoms with Gasteiger partial charge in [0.05, 0.1) is 17.5 Å². The predicted octanol–water partition coefficient (Wildman–Crippen LogP) is 4.28. The molecule has 2 heterocycles. The van der Waals surface area contributed by atoms with E-state index in [2.05, 4.69) is 5.10 Å². The van der Waals surface area contributed by atoms with E-state index in [1.807, 2.05) is 12.1 Å². The van der Waals surface area contributed by atoms with Crippen LogP contribution in [0.25, 0.3) is 0 Å². The highest BCUT2D eigenvalue weighted by Gasteiger charge is 2.35. The Kier molecular flexibility index (Phi) is 5.95. The maximum atomic E-state index is 12.9. The van der Waals surface area contributed by atoms with E-state index in [-0.39, 0.29) is 5.56 Å². The highest BCUT2D eigenvalue weighted by Crippen LogP contribution is 2.33. The van der Waals surface area contributed by atoms with E-state index < -0.39 is 24.5 Å². The van der Waals surface area contributed by atoms with Crippen LogP contribution in [0.2, 0.25) is 5.02 Å². The first-order chi connectivity index (χ1) is 15.0. The summed E-state index contributed by atoms with van der Waals surface area (Å²) in [5.74, 6) is -0.568. The maximum absolute atomic E-state index is 12.9. The molecule has 156 valence electrons. The first-order valence-corrected chi connectivity index (χ1v) is 9.84. The van der Waals surface area contributed by atoms with Gasteiger partial charge < -0.3 is 9.15 Å². The van der Waals surface area contributed by atoms with Crippen molar-refractivity contribution < 1.29 is 23.5 Å². The third-order valence-corrected chi connectivity index (χ3v) is 5.08. The molecule has 0 saturated carbocycles. The van der Waals surface area contributed by atoms with Crippen LogP contribution in [0.15, 0.2) is 76.4 Å². The number of hydrogen-bond donors (Lipinski definition) is 0. The zero-order chi connectivity index (χ0) is 21.8. The van der Waals surface area contributed by atoms with Crippen molar-refractivity contribution in [3.8, 4) is 0 Å². The number of amides is 1. The van der Waals surface area contributed by atoms with Gasteiger partial charge in [0.25, 0.3) is 5.91 Å². The average Bonchev–Trinajstić information content (AvgIpc) is 3.48. The minimum absolute atomic E-state index is 0.243. The molecule has 1 atom stereocenters. The summed E-state index contributed by atoms with van der Waals surface area (Å²) in [6.45, 7) is -0.483. The van der Waals surface area contributed by atoms with Gasteiger partial charge in [-0.2, -0.15) is 5.10 Å². The number of esters is 1. The van der Waals surface area contributed by atoms with E-state index in [9.17, 15) is 14.4 Å². The number of nitrogens with zero attached hydrogens (tertiary/aromatic N) is 2. The third-order valence-electron chi connectivity index (χ3n) is 4.82. The summed E-state index contributed by atoms with van der Waals surface area (Å²) in [7, 11) is 0. The lowest BCUT2D eigenvalue weighted by Crippen LogP contribution is -2.31. The SMILES string of the molecule is O=Cc1ccc(C(=O)OCC(=O)N2N=C(c3ccc(Cl)cc3)CC2c2ccco2)cc1. The topological polar surface area (TPSA) is 89.2 Å². The van der Waals surface area contributed by atoms with Crippen LogP contribution in [0.5, 0.6) is 0 Å². The number of halogens is 1. The second-order valence-corrected chi connectivity index (χ2v) is 7.28. The van der Waals surface area contributed by atoms with Crippen LogP contribution in [0.1, 0.15) is 44.5 Å². The molecule has 0 radical (unpaired) electrons. The van der Waals surface area contributed by atoms with Gasteiger partial charge in [0, 0.05) is 17.0 Å². The second kappa shape index (κ2) is 8.97. The number of carbonyl (C=O) groups excluding carboxylic acids is 3. The van der Waals surface area contributed by atoms with Crippen molar-refractivity contribution in [2.75, 3.05) is 6.61 Å². The number of ether oxygens (including phenoxy) is 1. The van der Waals surface area contributed by atoms with Crippen molar-refractivity contribution in [2.24, 2.45) is 5.10 Å². The van der Waals surface area contributed by atoms with Gasteiger partial charge in [-0.05, 0) is 42.0 Å². The third kappa shape index (κ3) is 4.57. The molecular weight excluding hydrogens is 420 g/mol. The Balaban J connectivity index is 1.49. The van der Waals surface area contributed by atoms with Gasteiger partial charge >= 0.3 is 5.97 Å². The lowest BCUT2D eigenvalue weighted by Gasteiger charge is -2.19. The number of furan rings is 1. The average molecular weight is 437 g/mol. The van der Waals surface area contributed by atoms with Crippen LogP contribution in [0, 0.1) is 0 Å². The fourth-order valence-corrected chi connectivity index (χ4v) is 3.36. The zero-order valence-corrected chi connectivity index (χ0v) is 17.0. The van der Waals surface area contributed by atoms with Crippen LogP contribution in [0.3, 0.4) is 0 Å². The Labute approximate surface area is 182 Å². The number of carbonyl (C=O) groups is 3. The first-order valence-electron chi connectivity index (χ1n) is 9.46. The quantitative estimate of drug-likeness (QED) is 0.425. The smallest absolute Gasteiger partial charge is 0.338 e. The molecule has 0 saturated heterocycles. The molecule has 0 aliphatic carbocycles.